The Kier molecular flexibility index (Phi) is 6.35. The molecule has 2 N–H and O–H groups in total. The van der Waals surface area contributed by atoms with Crippen LogP contribution in [0.2, 0.25) is 0 Å². The molecule has 3 heterocycles. The highest BCUT2D eigenvalue weighted by Gasteiger charge is 2.31. The van der Waals surface area contributed by atoms with E-state index in [1.54, 1.807) is 4.52 Å². The van der Waals surface area contributed by atoms with Gasteiger partial charge in [0, 0.05) is 54.0 Å². The number of aromatic amines is 1. The highest BCUT2D eigenvalue weighted by atomic mass is 16.1. The average molecular weight is 440 g/mol. The van der Waals surface area contributed by atoms with E-state index in [2.05, 4.69) is 21.4 Å². The second-order valence-corrected chi connectivity index (χ2v) is 10.2. The minimum Gasteiger partial charge on any atom is -0.353 e. The minimum absolute atomic E-state index is 0.0433. The number of nitrogens with one attached hydrogen (secondary N) is 2. The molecule has 1 saturated heterocycles. The molecule has 3 fully saturated rings. The van der Waals surface area contributed by atoms with E-state index in [4.69, 9.17) is 4.98 Å². The molecule has 0 aromatic carbocycles. The van der Waals surface area contributed by atoms with E-state index in [9.17, 15) is 9.59 Å². The molecule has 174 valence electrons. The molecule has 2 aliphatic carbocycles. The second kappa shape index (κ2) is 9.38. The van der Waals surface area contributed by atoms with Gasteiger partial charge in [-0.2, -0.15) is 0 Å². The predicted molar refractivity (Wildman–Crippen MR) is 125 cm³/mol. The number of carbonyl (C=O) groups excluding carboxylic acids is 1. The summed E-state index contributed by atoms with van der Waals surface area (Å²) in [5.74, 6) is 0.473. The maximum atomic E-state index is 13.2. The summed E-state index contributed by atoms with van der Waals surface area (Å²) in [6.45, 7) is 4.10. The third-order valence-corrected chi connectivity index (χ3v) is 8.01. The third-order valence-electron chi connectivity index (χ3n) is 8.01. The zero-order valence-corrected chi connectivity index (χ0v) is 19.4. The number of H-pyrrole nitrogens is 1. The monoisotopic (exact) mass is 439 g/mol. The molecule has 0 spiro atoms. The van der Waals surface area contributed by atoms with Crippen molar-refractivity contribution in [2.75, 3.05) is 13.1 Å². The molecular weight excluding hydrogens is 402 g/mol. The van der Waals surface area contributed by atoms with Crippen molar-refractivity contribution in [2.45, 2.75) is 102 Å². The number of nitrogens with zero attached hydrogens (tertiary/aromatic N) is 3. The molecule has 7 nitrogen and oxygen atoms in total. The Labute approximate surface area is 190 Å². The van der Waals surface area contributed by atoms with Gasteiger partial charge in [-0.15, -0.1) is 0 Å². The van der Waals surface area contributed by atoms with Gasteiger partial charge in [0.05, 0.1) is 0 Å². The lowest BCUT2D eigenvalue weighted by molar-refractivity contribution is -0.121. The standard InChI is InChI=1S/C25H37N5O2/c1-17-21(11-12-24(31)27-19-7-5-6-8-19)25(32)30-23(26-17)15-22(28-30)18-13-14-29(16-18)20-9-3-2-4-10-20/h15,18-20,28H,2-14,16H2,1H3,(H,27,31)/t18-/m0/s1. The summed E-state index contributed by atoms with van der Waals surface area (Å²) in [4.78, 5) is 32.9. The van der Waals surface area contributed by atoms with Crippen LogP contribution in [0.3, 0.4) is 0 Å². The van der Waals surface area contributed by atoms with Gasteiger partial charge in [0.1, 0.15) is 0 Å². The lowest BCUT2D eigenvalue weighted by Crippen LogP contribution is -2.34. The first-order valence-electron chi connectivity index (χ1n) is 12.7. The van der Waals surface area contributed by atoms with Gasteiger partial charge in [0.2, 0.25) is 5.91 Å². The van der Waals surface area contributed by atoms with E-state index in [1.165, 1.54) is 44.9 Å². The van der Waals surface area contributed by atoms with Crippen molar-refractivity contribution >= 4 is 11.6 Å². The number of carbonyl (C=O) groups is 1. The Morgan fingerprint density at radius 1 is 1.12 bits per heavy atom. The van der Waals surface area contributed by atoms with Crippen LogP contribution in [0, 0.1) is 6.92 Å². The van der Waals surface area contributed by atoms with Crippen molar-refractivity contribution in [3.8, 4) is 0 Å². The number of aryl methyl sites for hydroxylation is 1. The van der Waals surface area contributed by atoms with Gasteiger partial charge in [-0.1, -0.05) is 32.1 Å². The molecule has 1 amide bonds. The molecule has 5 rings (SSSR count). The molecule has 0 bridgehead atoms. The van der Waals surface area contributed by atoms with Crippen LogP contribution < -0.4 is 10.9 Å². The summed E-state index contributed by atoms with van der Waals surface area (Å²) in [6.07, 6.45) is 13.2. The van der Waals surface area contributed by atoms with E-state index in [1.807, 2.05) is 6.92 Å². The molecule has 2 aromatic rings. The summed E-state index contributed by atoms with van der Waals surface area (Å²) >= 11 is 0. The largest absolute Gasteiger partial charge is 0.353 e. The second-order valence-electron chi connectivity index (χ2n) is 10.2. The van der Waals surface area contributed by atoms with Crippen LogP contribution in [0.5, 0.6) is 0 Å². The summed E-state index contributed by atoms with van der Waals surface area (Å²) in [5, 5.41) is 6.47. The summed E-state index contributed by atoms with van der Waals surface area (Å²) in [5.41, 5.74) is 3.13. The van der Waals surface area contributed by atoms with Crippen molar-refractivity contribution in [3.05, 3.63) is 33.4 Å². The fourth-order valence-electron chi connectivity index (χ4n) is 6.11. The molecule has 2 saturated carbocycles. The van der Waals surface area contributed by atoms with Crippen LogP contribution in [0.15, 0.2) is 10.9 Å². The number of amides is 1. The van der Waals surface area contributed by atoms with Gasteiger partial charge in [-0.05, 0) is 52.0 Å². The Morgan fingerprint density at radius 2 is 1.88 bits per heavy atom. The van der Waals surface area contributed by atoms with E-state index in [-0.39, 0.29) is 11.5 Å². The first-order chi connectivity index (χ1) is 15.6. The maximum Gasteiger partial charge on any atom is 0.276 e. The fraction of sp³-hybridized carbons (Fsp3) is 0.720. The Balaban J connectivity index is 1.27. The van der Waals surface area contributed by atoms with Gasteiger partial charge in [0.15, 0.2) is 5.65 Å². The fourth-order valence-corrected chi connectivity index (χ4v) is 6.11. The van der Waals surface area contributed by atoms with Crippen LogP contribution in [0.4, 0.5) is 0 Å². The van der Waals surface area contributed by atoms with Crippen LogP contribution in [0.1, 0.15) is 93.5 Å². The van der Waals surface area contributed by atoms with Crippen LogP contribution in [-0.4, -0.2) is 50.6 Å². The van der Waals surface area contributed by atoms with Crippen LogP contribution >= 0.6 is 0 Å². The van der Waals surface area contributed by atoms with E-state index >= 15 is 0 Å². The smallest absolute Gasteiger partial charge is 0.276 e. The number of hydrogen-bond donors (Lipinski definition) is 2. The highest BCUT2D eigenvalue weighted by Crippen LogP contribution is 2.32. The maximum absolute atomic E-state index is 13.2. The lowest BCUT2D eigenvalue weighted by Gasteiger charge is -2.30. The van der Waals surface area contributed by atoms with Crippen molar-refractivity contribution in [3.63, 3.8) is 0 Å². The molecule has 1 atom stereocenters. The zero-order valence-electron chi connectivity index (χ0n) is 19.4. The number of likely N-dealkylation sites (tertiary alicyclic amines) is 1. The van der Waals surface area contributed by atoms with E-state index in [0.29, 0.717) is 36.0 Å². The van der Waals surface area contributed by atoms with Crippen molar-refractivity contribution in [1.29, 1.82) is 0 Å². The average Bonchev–Trinajstić information content (AvgIpc) is 3.55. The number of rotatable bonds is 6. The topological polar surface area (TPSA) is 82.5 Å². The quantitative estimate of drug-likeness (QED) is 0.722. The minimum atomic E-state index is -0.0606. The molecule has 7 heteroatoms. The van der Waals surface area contributed by atoms with Gasteiger partial charge in [-0.25, -0.2) is 9.50 Å². The molecular formula is C25H37N5O2. The molecule has 0 unspecified atom stereocenters. The zero-order chi connectivity index (χ0) is 22.1. The third kappa shape index (κ3) is 4.49. The predicted octanol–water partition coefficient (Wildman–Crippen LogP) is 3.44. The first kappa shape index (κ1) is 21.7. The van der Waals surface area contributed by atoms with Gasteiger partial charge >= 0.3 is 0 Å². The Morgan fingerprint density at radius 3 is 2.66 bits per heavy atom. The highest BCUT2D eigenvalue weighted by molar-refractivity contribution is 5.76. The van der Waals surface area contributed by atoms with E-state index in [0.717, 1.165) is 49.8 Å². The number of aromatic nitrogens is 3. The number of fused-ring (bicyclic) bond motifs is 1. The Bertz CT molecular complexity index is 1010. The molecule has 32 heavy (non-hydrogen) atoms. The summed E-state index contributed by atoms with van der Waals surface area (Å²) < 4.78 is 1.59. The van der Waals surface area contributed by atoms with Gasteiger partial charge in [-0.3, -0.25) is 19.6 Å². The van der Waals surface area contributed by atoms with Gasteiger partial charge < -0.3 is 5.32 Å². The van der Waals surface area contributed by atoms with Gasteiger partial charge in [0.25, 0.3) is 5.56 Å². The summed E-state index contributed by atoms with van der Waals surface area (Å²) in [7, 11) is 0. The van der Waals surface area contributed by atoms with Crippen molar-refractivity contribution in [1.82, 2.24) is 24.8 Å². The SMILES string of the molecule is Cc1nc2cc([C@H]3CCN(C4CCCCC4)C3)[nH]n2c(=O)c1CCC(=O)NC1CCCC1. The lowest BCUT2D eigenvalue weighted by atomic mass is 9.94. The Hall–Kier alpha value is -2.15. The first-order valence-corrected chi connectivity index (χ1v) is 12.7. The molecule has 2 aromatic heterocycles. The number of hydrogen-bond acceptors (Lipinski definition) is 4. The van der Waals surface area contributed by atoms with Crippen molar-refractivity contribution < 1.29 is 4.79 Å². The molecule has 1 aliphatic heterocycles. The van der Waals surface area contributed by atoms with Crippen LogP contribution in [-0.2, 0) is 11.2 Å². The molecule has 3 aliphatic rings. The van der Waals surface area contributed by atoms with Crippen LogP contribution in [0.25, 0.3) is 5.65 Å². The molecule has 0 radical (unpaired) electrons. The normalized spacial score (nSPS) is 23.3. The van der Waals surface area contributed by atoms with Crippen molar-refractivity contribution in [2.24, 2.45) is 0 Å². The summed E-state index contributed by atoms with van der Waals surface area (Å²) in [6, 6.07) is 3.11. The van der Waals surface area contributed by atoms with E-state index < -0.39 is 0 Å².